The molecule has 26 heavy (non-hydrogen) atoms. The van der Waals surface area contributed by atoms with E-state index in [-0.39, 0.29) is 11.7 Å². The maximum absolute atomic E-state index is 12.4. The Labute approximate surface area is 155 Å². The van der Waals surface area contributed by atoms with Gasteiger partial charge in [-0.25, -0.2) is 9.97 Å². The van der Waals surface area contributed by atoms with Crippen molar-refractivity contribution in [3.05, 3.63) is 48.2 Å². The van der Waals surface area contributed by atoms with E-state index in [0.717, 1.165) is 21.8 Å². The molecule has 3 rings (SSSR count). The van der Waals surface area contributed by atoms with Gasteiger partial charge < -0.3 is 14.8 Å². The van der Waals surface area contributed by atoms with E-state index in [2.05, 4.69) is 15.3 Å². The Hall–Kier alpha value is -2.80. The molecule has 3 aromatic rings. The van der Waals surface area contributed by atoms with Gasteiger partial charge in [0.15, 0.2) is 0 Å². The number of rotatable bonds is 6. The predicted octanol–water partition coefficient (Wildman–Crippen LogP) is 3.69. The fourth-order valence-electron chi connectivity index (χ4n) is 2.44. The lowest BCUT2D eigenvalue weighted by molar-refractivity contribution is -0.113. The molecule has 1 aromatic heterocycles. The van der Waals surface area contributed by atoms with Gasteiger partial charge in [-0.05, 0) is 31.2 Å². The van der Waals surface area contributed by atoms with Gasteiger partial charge in [0.2, 0.25) is 5.91 Å². The molecule has 0 saturated carbocycles. The lowest BCUT2D eigenvalue weighted by atomic mass is 10.2. The largest absolute Gasteiger partial charge is 0.497 e. The molecule has 0 bridgehead atoms. The molecular weight excluding hydrogens is 350 g/mol. The van der Waals surface area contributed by atoms with E-state index >= 15 is 0 Å². The molecule has 0 aliphatic rings. The minimum Gasteiger partial charge on any atom is -0.497 e. The first-order valence-electron chi connectivity index (χ1n) is 7.99. The number of aromatic nitrogens is 2. The van der Waals surface area contributed by atoms with Crippen molar-refractivity contribution in [3.63, 3.8) is 0 Å². The van der Waals surface area contributed by atoms with Gasteiger partial charge in [-0.3, -0.25) is 4.79 Å². The van der Waals surface area contributed by atoms with Crippen molar-refractivity contribution < 1.29 is 14.3 Å². The second-order valence-corrected chi connectivity index (χ2v) is 6.47. The molecule has 0 aliphatic heterocycles. The van der Waals surface area contributed by atoms with Crippen LogP contribution in [-0.4, -0.2) is 35.8 Å². The predicted molar refractivity (Wildman–Crippen MR) is 103 cm³/mol. The number of ether oxygens (including phenoxy) is 2. The van der Waals surface area contributed by atoms with E-state index in [0.29, 0.717) is 17.2 Å². The average molecular weight is 369 g/mol. The van der Waals surface area contributed by atoms with Crippen molar-refractivity contribution in [1.82, 2.24) is 9.97 Å². The fraction of sp³-hybridized carbons (Fsp3) is 0.211. The Morgan fingerprint density at radius 2 is 1.81 bits per heavy atom. The molecule has 0 saturated heterocycles. The number of nitrogens with one attached hydrogen (secondary N) is 1. The van der Waals surface area contributed by atoms with Crippen LogP contribution in [0.2, 0.25) is 0 Å². The molecule has 6 nitrogen and oxygen atoms in total. The second kappa shape index (κ2) is 8.05. The Balaban J connectivity index is 1.71. The van der Waals surface area contributed by atoms with E-state index in [1.54, 1.807) is 32.4 Å². The summed E-state index contributed by atoms with van der Waals surface area (Å²) in [4.78, 5) is 21.5. The van der Waals surface area contributed by atoms with Crippen LogP contribution in [0, 0.1) is 6.92 Å². The normalized spacial score (nSPS) is 10.6. The standard InChI is InChI=1S/C19H19N3O3S/c1-12-19(22-15-7-5-4-6-14(15)20-12)26-11-18(23)21-16-10-13(24-2)8-9-17(16)25-3/h4-10H,11H2,1-3H3,(H,21,23). The average Bonchev–Trinajstić information content (AvgIpc) is 2.66. The summed E-state index contributed by atoms with van der Waals surface area (Å²) in [5, 5.41) is 3.60. The molecule has 0 fully saturated rings. The van der Waals surface area contributed by atoms with E-state index in [9.17, 15) is 4.79 Å². The van der Waals surface area contributed by atoms with Crippen molar-refractivity contribution in [1.29, 1.82) is 0 Å². The molecule has 0 unspecified atom stereocenters. The van der Waals surface area contributed by atoms with Gasteiger partial charge in [0.05, 0.1) is 42.4 Å². The number of thioether (sulfide) groups is 1. The second-order valence-electron chi connectivity index (χ2n) is 5.51. The van der Waals surface area contributed by atoms with Crippen LogP contribution in [0.3, 0.4) is 0 Å². The molecule has 0 spiro atoms. The number of para-hydroxylation sites is 2. The lowest BCUT2D eigenvalue weighted by Crippen LogP contribution is -2.15. The number of fused-ring (bicyclic) bond motifs is 1. The summed E-state index contributed by atoms with van der Waals surface area (Å²) in [6, 6.07) is 12.9. The van der Waals surface area contributed by atoms with E-state index in [4.69, 9.17) is 9.47 Å². The number of amides is 1. The zero-order valence-corrected chi connectivity index (χ0v) is 15.6. The number of methoxy groups -OCH3 is 2. The maximum atomic E-state index is 12.4. The molecule has 7 heteroatoms. The number of carbonyl (C=O) groups is 1. The van der Waals surface area contributed by atoms with Crippen LogP contribution in [0.1, 0.15) is 5.69 Å². The zero-order valence-electron chi connectivity index (χ0n) is 14.8. The third-order valence-electron chi connectivity index (χ3n) is 3.72. The summed E-state index contributed by atoms with van der Waals surface area (Å²) in [5.41, 5.74) is 3.04. The lowest BCUT2D eigenvalue weighted by Gasteiger charge is -2.12. The highest BCUT2D eigenvalue weighted by Gasteiger charge is 2.12. The summed E-state index contributed by atoms with van der Waals surface area (Å²) in [5.74, 6) is 1.28. The maximum Gasteiger partial charge on any atom is 0.234 e. The van der Waals surface area contributed by atoms with Crippen LogP contribution in [0.25, 0.3) is 11.0 Å². The highest BCUT2D eigenvalue weighted by molar-refractivity contribution is 8.00. The fourth-order valence-corrected chi connectivity index (χ4v) is 3.20. The highest BCUT2D eigenvalue weighted by atomic mass is 32.2. The molecule has 134 valence electrons. The molecule has 0 atom stereocenters. The van der Waals surface area contributed by atoms with Gasteiger partial charge in [0, 0.05) is 6.07 Å². The van der Waals surface area contributed by atoms with E-state index in [1.807, 2.05) is 31.2 Å². The third kappa shape index (κ3) is 4.05. The van der Waals surface area contributed by atoms with Crippen LogP contribution in [0.5, 0.6) is 11.5 Å². The van der Waals surface area contributed by atoms with E-state index < -0.39 is 0 Å². The molecule has 1 heterocycles. The zero-order chi connectivity index (χ0) is 18.5. The Bertz CT molecular complexity index is 946. The first-order valence-corrected chi connectivity index (χ1v) is 8.97. The number of aryl methyl sites for hydroxylation is 1. The quantitative estimate of drug-likeness (QED) is 0.668. The third-order valence-corrected chi connectivity index (χ3v) is 4.79. The summed E-state index contributed by atoms with van der Waals surface area (Å²) >= 11 is 1.35. The summed E-state index contributed by atoms with van der Waals surface area (Å²) in [7, 11) is 3.13. The first-order chi connectivity index (χ1) is 12.6. The van der Waals surface area contributed by atoms with Gasteiger partial charge in [0.1, 0.15) is 16.5 Å². The van der Waals surface area contributed by atoms with Gasteiger partial charge in [-0.2, -0.15) is 0 Å². The Morgan fingerprint density at radius 1 is 1.08 bits per heavy atom. The SMILES string of the molecule is COc1ccc(OC)c(NC(=O)CSc2nc3ccccc3nc2C)c1. The van der Waals surface area contributed by atoms with Crippen LogP contribution in [-0.2, 0) is 4.79 Å². The first kappa shape index (κ1) is 18.0. The van der Waals surface area contributed by atoms with Crippen LogP contribution in [0.4, 0.5) is 5.69 Å². The van der Waals surface area contributed by atoms with Gasteiger partial charge in [-0.15, -0.1) is 0 Å². The van der Waals surface area contributed by atoms with E-state index in [1.165, 1.54) is 11.8 Å². The van der Waals surface area contributed by atoms with Gasteiger partial charge in [0.25, 0.3) is 0 Å². The molecule has 1 amide bonds. The molecule has 0 radical (unpaired) electrons. The smallest absolute Gasteiger partial charge is 0.234 e. The topological polar surface area (TPSA) is 73.3 Å². The highest BCUT2D eigenvalue weighted by Crippen LogP contribution is 2.29. The monoisotopic (exact) mass is 369 g/mol. The number of nitrogens with zero attached hydrogens (tertiary/aromatic N) is 2. The minimum absolute atomic E-state index is 0.157. The van der Waals surface area contributed by atoms with Gasteiger partial charge >= 0.3 is 0 Å². The molecule has 2 aromatic carbocycles. The van der Waals surface area contributed by atoms with Crippen molar-refractivity contribution in [3.8, 4) is 11.5 Å². The van der Waals surface area contributed by atoms with Crippen molar-refractivity contribution in [2.45, 2.75) is 11.9 Å². The van der Waals surface area contributed by atoms with Crippen molar-refractivity contribution in [2.24, 2.45) is 0 Å². The minimum atomic E-state index is -0.157. The number of anilines is 1. The van der Waals surface area contributed by atoms with Crippen LogP contribution < -0.4 is 14.8 Å². The molecule has 0 aliphatic carbocycles. The van der Waals surface area contributed by atoms with Crippen molar-refractivity contribution in [2.75, 3.05) is 25.3 Å². The Morgan fingerprint density at radius 3 is 2.50 bits per heavy atom. The summed E-state index contributed by atoms with van der Waals surface area (Å²) < 4.78 is 10.5. The van der Waals surface area contributed by atoms with Gasteiger partial charge in [-0.1, -0.05) is 23.9 Å². The van der Waals surface area contributed by atoms with Crippen LogP contribution in [0.15, 0.2) is 47.5 Å². The molecular formula is C19H19N3O3S. The number of benzene rings is 2. The van der Waals surface area contributed by atoms with Crippen molar-refractivity contribution >= 4 is 34.4 Å². The number of hydrogen-bond donors (Lipinski definition) is 1. The Kier molecular flexibility index (Phi) is 5.58. The number of carbonyl (C=O) groups excluding carboxylic acids is 1. The number of hydrogen-bond acceptors (Lipinski definition) is 6. The molecule has 1 N–H and O–H groups in total. The summed E-state index contributed by atoms with van der Waals surface area (Å²) in [6.45, 7) is 1.89. The van der Waals surface area contributed by atoms with Crippen LogP contribution >= 0.6 is 11.8 Å². The summed E-state index contributed by atoms with van der Waals surface area (Å²) in [6.07, 6.45) is 0.